The number of urea groups is 1. The van der Waals surface area contributed by atoms with E-state index in [4.69, 9.17) is 14.2 Å². The third-order valence-electron chi connectivity index (χ3n) is 4.11. The zero-order valence-corrected chi connectivity index (χ0v) is 16.4. The molecule has 0 aliphatic heterocycles. The number of nitrogens with one attached hydrogen (secondary N) is 2. The van der Waals surface area contributed by atoms with Gasteiger partial charge in [0.1, 0.15) is 5.75 Å². The van der Waals surface area contributed by atoms with Crippen LogP contribution < -0.4 is 24.8 Å². The van der Waals surface area contributed by atoms with Crippen molar-refractivity contribution in [3.8, 4) is 17.2 Å². The molecule has 0 spiro atoms. The summed E-state index contributed by atoms with van der Waals surface area (Å²) in [5, 5.41) is 5.71. The van der Waals surface area contributed by atoms with Crippen LogP contribution in [0.5, 0.6) is 17.2 Å². The van der Waals surface area contributed by atoms with Gasteiger partial charge in [0.15, 0.2) is 11.5 Å². The Kier molecular flexibility index (Phi) is 7.79. The van der Waals surface area contributed by atoms with Crippen LogP contribution in [0.25, 0.3) is 0 Å². The van der Waals surface area contributed by atoms with Gasteiger partial charge in [-0.1, -0.05) is 19.4 Å². The first-order chi connectivity index (χ1) is 13.1. The van der Waals surface area contributed by atoms with E-state index in [1.165, 1.54) is 0 Å². The van der Waals surface area contributed by atoms with E-state index >= 15 is 0 Å². The second-order valence-electron chi connectivity index (χ2n) is 6.18. The molecule has 6 nitrogen and oxygen atoms in total. The van der Waals surface area contributed by atoms with E-state index in [1.54, 1.807) is 14.2 Å². The molecule has 0 fully saturated rings. The van der Waals surface area contributed by atoms with E-state index in [0.29, 0.717) is 24.7 Å². The Balaban J connectivity index is 1.90. The Morgan fingerprint density at radius 2 is 1.81 bits per heavy atom. The maximum absolute atomic E-state index is 12.2. The van der Waals surface area contributed by atoms with E-state index < -0.39 is 0 Å². The van der Waals surface area contributed by atoms with Gasteiger partial charge in [-0.2, -0.15) is 0 Å². The first-order valence-corrected chi connectivity index (χ1v) is 9.06. The number of methoxy groups -OCH3 is 2. The number of benzene rings is 2. The summed E-state index contributed by atoms with van der Waals surface area (Å²) >= 11 is 0. The fraction of sp³-hybridized carbons (Fsp3) is 0.381. The molecule has 6 heteroatoms. The van der Waals surface area contributed by atoms with Crippen molar-refractivity contribution in [2.45, 2.75) is 33.2 Å². The summed E-state index contributed by atoms with van der Waals surface area (Å²) in [6.07, 6.45) is 2.12. The van der Waals surface area contributed by atoms with Crippen LogP contribution in [0.2, 0.25) is 0 Å². The van der Waals surface area contributed by atoms with Crippen LogP contribution in [-0.4, -0.2) is 26.9 Å². The highest BCUT2D eigenvalue weighted by Crippen LogP contribution is 2.27. The molecule has 146 valence electrons. The molecule has 2 rings (SSSR count). The summed E-state index contributed by atoms with van der Waals surface area (Å²) in [6, 6.07) is 10.9. The summed E-state index contributed by atoms with van der Waals surface area (Å²) in [4.78, 5) is 12.2. The summed E-state index contributed by atoms with van der Waals surface area (Å²) in [6.45, 7) is 5.15. The Hall–Kier alpha value is -2.89. The Morgan fingerprint density at radius 1 is 1.04 bits per heavy atom. The SMILES string of the molecule is CCCCOc1ccc(NC(=O)NCc2ccc(OC)c(OC)c2)c(C)c1. The van der Waals surface area contributed by atoms with Crippen molar-refractivity contribution in [2.24, 2.45) is 0 Å². The molecule has 0 aliphatic carbocycles. The molecule has 2 amide bonds. The van der Waals surface area contributed by atoms with Gasteiger partial charge in [-0.15, -0.1) is 0 Å². The van der Waals surface area contributed by atoms with E-state index in [2.05, 4.69) is 17.6 Å². The molecule has 0 radical (unpaired) electrons. The lowest BCUT2D eigenvalue weighted by molar-refractivity contribution is 0.251. The molecular weight excluding hydrogens is 344 g/mol. The number of hydrogen-bond acceptors (Lipinski definition) is 4. The van der Waals surface area contributed by atoms with Crippen molar-refractivity contribution in [1.29, 1.82) is 0 Å². The van der Waals surface area contributed by atoms with Crippen LogP contribution in [0.15, 0.2) is 36.4 Å². The van der Waals surface area contributed by atoms with Crippen molar-refractivity contribution in [1.82, 2.24) is 5.32 Å². The van der Waals surface area contributed by atoms with E-state index in [-0.39, 0.29) is 6.03 Å². The van der Waals surface area contributed by atoms with Crippen molar-refractivity contribution < 1.29 is 19.0 Å². The molecule has 2 N–H and O–H groups in total. The molecule has 2 aromatic carbocycles. The number of amides is 2. The second kappa shape index (κ2) is 10.3. The fourth-order valence-corrected chi connectivity index (χ4v) is 2.54. The van der Waals surface area contributed by atoms with E-state index in [9.17, 15) is 4.79 Å². The van der Waals surface area contributed by atoms with Gasteiger partial charge in [-0.3, -0.25) is 0 Å². The number of carbonyl (C=O) groups is 1. The number of rotatable bonds is 9. The number of ether oxygens (including phenoxy) is 3. The monoisotopic (exact) mass is 372 g/mol. The van der Waals surface area contributed by atoms with E-state index in [1.807, 2.05) is 43.3 Å². The van der Waals surface area contributed by atoms with Crippen LogP contribution >= 0.6 is 0 Å². The van der Waals surface area contributed by atoms with E-state index in [0.717, 1.165) is 35.4 Å². The van der Waals surface area contributed by atoms with Crippen LogP contribution in [-0.2, 0) is 6.54 Å². The highest BCUT2D eigenvalue weighted by Gasteiger charge is 2.08. The second-order valence-corrected chi connectivity index (χ2v) is 6.18. The summed E-state index contributed by atoms with van der Waals surface area (Å²) in [5.41, 5.74) is 2.62. The summed E-state index contributed by atoms with van der Waals surface area (Å²) in [7, 11) is 3.17. The predicted molar refractivity (Wildman–Crippen MR) is 107 cm³/mol. The van der Waals surface area contributed by atoms with Crippen LogP contribution in [0.3, 0.4) is 0 Å². The maximum Gasteiger partial charge on any atom is 0.319 e. The smallest absolute Gasteiger partial charge is 0.319 e. The van der Waals surface area contributed by atoms with Gasteiger partial charge in [0.25, 0.3) is 0 Å². The third-order valence-corrected chi connectivity index (χ3v) is 4.11. The zero-order chi connectivity index (χ0) is 19.6. The minimum Gasteiger partial charge on any atom is -0.494 e. The van der Waals surface area contributed by atoms with Crippen LogP contribution in [0, 0.1) is 6.92 Å². The lowest BCUT2D eigenvalue weighted by Gasteiger charge is -2.13. The number of hydrogen-bond donors (Lipinski definition) is 2. The predicted octanol–water partition coefficient (Wildman–Crippen LogP) is 4.51. The van der Waals surface area contributed by atoms with Gasteiger partial charge >= 0.3 is 6.03 Å². The summed E-state index contributed by atoms with van der Waals surface area (Å²) in [5.74, 6) is 2.10. The van der Waals surface area contributed by atoms with Crippen molar-refractivity contribution in [3.05, 3.63) is 47.5 Å². The number of aryl methyl sites for hydroxylation is 1. The molecule has 0 heterocycles. The lowest BCUT2D eigenvalue weighted by atomic mass is 10.2. The molecular formula is C21H28N2O4. The molecule has 0 aliphatic rings. The third kappa shape index (κ3) is 6.09. The average molecular weight is 372 g/mol. The number of carbonyl (C=O) groups excluding carboxylic acids is 1. The molecule has 27 heavy (non-hydrogen) atoms. The molecule has 0 atom stereocenters. The van der Waals surface area contributed by atoms with Crippen molar-refractivity contribution in [3.63, 3.8) is 0 Å². The van der Waals surface area contributed by atoms with Gasteiger partial charge in [0.2, 0.25) is 0 Å². The minimum absolute atomic E-state index is 0.271. The van der Waals surface area contributed by atoms with Gasteiger partial charge in [0.05, 0.1) is 20.8 Å². The molecule has 0 saturated heterocycles. The Bertz CT molecular complexity index is 762. The zero-order valence-electron chi connectivity index (χ0n) is 16.4. The van der Waals surface area contributed by atoms with Gasteiger partial charge in [0, 0.05) is 12.2 Å². The highest BCUT2D eigenvalue weighted by molar-refractivity contribution is 5.90. The first kappa shape index (κ1) is 20.4. The lowest BCUT2D eigenvalue weighted by Crippen LogP contribution is -2.28. The molecule has 2 aromatic rings. The van der Waals surface area contributed by atoms with Crippen LogP contribution in [0.4, 0.5) is 10.5 Å². The van der Waals surface area contributed by atoms with Crippen molar-refractivity contribution >= 4 is 11.7 Å². The fourth-order valence-electron chi connectivity index (χ4n) is 2.54. The first-order valence-electron chi connectivity index (χ1n) is 9.06. The van der Waals surface area contributed by atoms with Crippen LogP contribution in [0.1, 0.15) is 30.9 Å². The van der Waals surface area contributed by atoms with Gasteiger partial charge in [-0.05, 0) is 54.8 Å². The molecule has 0 unspecified atom stereocenters. The number of anilines is 1. The quantitative estimate of drug-likeness (QED) is 0.635. The largest absolute Gasteiger partial charge is 0.494 e. The average Bonchev–Trinajstić information content (AvgIpc) is 2.68. The Labute approximate surface area is 160 Å². The minimum atomic E-state index is -0.271. The standard InChI is InChI=1S/C21H28N2O4/c1-5-6-11-27-17-8-9-18(15(2)12-17)23-21(24)22-14-16-7-10-19(25-3)20(13-16)26-4/h7-10,12-13H,5-6,11,14H2,1-4H3,(H2,22,23,24). The van der Waals surface area contributed by atoms with Crippen molar-refractivity contribution in [2.75, 3.05) is 26.1 Å². The number of unbranched alkanes of at least 4 members (excludes halogenated alkanes) is 1. The highest BCUT2D eigenvalue weighted by atomic mass is 16.5. The summed E-state index contributed by atoms with van der Waals surface area (Å²) < 4.78 is 16.2. The van der Waals surface area contributed by atoms with Gasteiger partial charge in [-0.25, -0.2) is 4.79 Å². The Morgan fingerprint density at radius 3 is 2.48 bits per heavy atom. The normalized spacial score (nSPS) is 10.2. The van der Waals surface area contributed by atoms with Gasteiger partial charge < -0.3 is 24.8 Å². The molecule has 0 aromatic heterocycles. The maximum atomic E-state index is 12.2. The topological polar surface area (TPSA) is 68.8 Å². The molecule has 0 bridgehead atoms. The molecule has 0 saturated carbocycles.